The lowest BCUT2D eigenvalue weighted by molar-refractivity contribution is -0.576. The number of hydrogen-bond donors (Lipinski definition) is 0. The van der Waals surface area contributed by atoms with Crippen LogP contribution in [-0.4, -0.2) is 17.1 Å². The maximum atomic E-state index is 12.2. The number of rotatable bonds is 4. The molecule has 0 unspecified atom stereocenters. The van der Waals surface area contributed by atoms with E-state index in [4.69, 9.17) is 16.3 Å². The molecule has 3 aromatic rings. The minimum Gasteiger partial charge on any atom is -0.618 e. The Morgan fingerprint density at radius 1 is 1.30 bits per heavy atom. The van der Waals surface area contributed by atoms with Gasteiger partial charge in [-0.3, -0.25) is 0 Å². The number of carbonyl (C=O) groups excluding carboxylic acids is 1. The maximum absolute atomic E-state index is 12.2. The Labute approximate surface area is 138 Å². The van der Waals surface area contributed by atoms with Crippen LogP contribution in [0.25, 0.3) is 11.0 Å². The maximum Gasteiger partial charge on any atom is 0.355 e. The molecule has 0 saturated heterocycles. The highest BCUT2D eigenvalue weighted by atomic mass is 35.5. The highest BCUT2D eigenvalue weighted by molar-refractivity contribution is 6.30. The molecular formula is C17H15ClN2O3. The van der Waals surface area contributed by atoms with E-state index in [1.807, 2.05) is 18.2 Å². The second-order valence-electron chi connectivity index (χ2n) is 5.07. The summed E-state index contributed by atoms with van der Waals surface area (Å²) in [5, 5.41) is 12.6. The van der Waals surface area contributed by atoms with Crippen LogP contribution in [0.2, 0.25) is 5.02 Å². The number of aromatic nitrogens is 2. The number of ether oxygens (including phenoxy) is 1. The lowest BCUT2D eigenvalue weighted by atomic mass is 10.2. The third-order valence-electron chi connectivity index (χ3n) is 3.54. The quantitative estimate of drug-likeness (QED) is 0.419. The smallest absolute Gasteiger partial charge is 0.355 e. The molecule has 23 heavy (non-hydrogen) atoms. The summed E-state index contributed by atoms with van der Waals surface area (Å²) < 4.78 is 7.62. The van der Waals surface area contributed by atoms with Gasteiger partial charge in [0.25, 0.3) is 0 Å². The van der Waals surface area contributed by atoms with Crippen LogP contribution in [0.5, 0.6) is 0 Å². The van der Waals surface area contributed by atoms with Crippen molar-refractivity contribution in [3.05, 3.63) is 70.1 Å². The van der Waals surface area contributed by atoms with Gasteiger partial charge in [0, 0.05) is 23.7 Å². The summed E-state index contributed by atoms with van der Waals surface area (Å²) in [4.78, 5) is 12.2. The van der Waals surface area contributed by atoms with E-state index in [9.17, 15) is 10.0 Å². The van der Waals surface area contributed by atoms with Gasteiger partial charge in [-0.25, -0.2) is 4.79 Å². The van der Waals surface area contributed by atoms with E-state index < -0.39 is 5.97 Å². The van der Waals surface area contributed by atoms with Crippen molar-refractivity contribution < 1.29 is 14.3 Å². The third kappa shape index (κ3) is 3.00. The summed E-state index contributed by atoms with van der Waals surface area (Å²) in [7, 11) is 0. The fraction of sp³-hybridized carbons (Fsp3) is 0.176. The zero-order valence-electron chi connectivity index (χ0n) is 12.5. The Balaban J connectivity index is 2.14. The number of fused-ring (bicyclic) bond motifs is 1. The Kier molecular flexibility index (Phi) is 4.21. The van der Waals surface area contributed by atoms with E-state index in [0.29, 0.717) is 28.3 Å². The van der Waals surface area contributed by atoms with Gasteiger partial charge in [-0.1, -0.05) is 23.7 Å². The van der Waals surface area contributed by atoms with Crippen molar-refractivity contribution in [3.8, 4) is 0 Å². The molecule has 0 saturated carbocycles. The standard InChI is InChI=1S/C17H15ClN2O3/c1-2-23-17(21)16-10-15-14(7-4-8-20(15)22)19(16)11-12-5-3-6-13(18)9-12/h3-10H,2,11H2,1H3. The summed E-state index contributed by atoms with van der Waals surface area (Å²) in [6.45, 7) is 2.44. The molecule has 0 aliphatic heterocycles. The molecule has 1 aromatic carbocycles. The Hall–Kier alpha value is -2.53. The lowest BCUT2D eigenvalue weighted by Gasteiger charge is -2.10. The van der Waals surface area contributed by atoms with Crippen LogP contribution >= 0.6 is 11.6 Å². The van der Waals surface area contributed by atoms with Crippen molar-refractivity contribution in [2.75, 3.05) is 6.61 Å². The number of esters is 1. The van der Waals surface area contributed by atoms with Crippen molar-refractivity contribution in [3.63, 3.8) is 0 Å². The number of benzene rings is 1. The predicted octanol–water partition coefficient (Wildman–Crippen LogP) is 3.15. The minimum absolute atomic E-state index is 0.273. The number of halogens is 1. The van der Waals surface area contributed by atoms with Gasteiger partial charge in [0.05, 0.1) is 6.61 Å². The molecule has 0 bridgehead atoms. The van der Waals surface area contributed by atoms with E-state index in [0.717, 1.165) is 10.3 Å². The molecule has 0 fully saturated rings. The van der Waals surface area contributed by atoms with E-state index >= 15 is 0 Å². The van der Waals surface area contributed by atoms with Crippen LogP contribution in [0, 0.1) is 5.21 Å². The van der Waals surface area contributed by atoms with Crippen molar-refractivity contribution in [1.82, 2.24) is 4.57 Å². The number of pyridine rings is 1. The second-order valence-corrected chi connectivity index (χ2v) is 5.51. The van der Waals surface area contributed by atoms with Crippen LogP contribution < -0.4 is 4.73 Å². The van der Waals surface area contributed by atoms with Crippen LogP contribution in [-0.2, 0) is 11.3 Å². The second kappa shape index (κ2) is 6.30. The van der Waals surface area contributed by atoms with Crippen LogP contribution in [0.15, 0.2) is 48.7 Å². The first-order valence-electron chi connectivity index (χ1n) is 7.23. The van der Waals surface area contributed by atoms with E-state index in [1.54, 1.807) is 35.8 Å². The topological polar surface area (TPSA) is 58.2 Å². The first-order valence-corrected chi connectivity index (χ1v) is 7.61. The summed E-state index contributed by atoms with van der Waals surface area (Å²) in [5.74, 6) is -0.453. The largest absolute Gasteiger partial charge is 0.618 e. The van der Waals surface area contributed by atoms with E-state index in [2.05, 4.69) is 0 Å². The summed E-state index contributed by atoms with van der Waals surface area (Å²) >= 11 is 6.03. The molecule has 5 nitrogen and oxygen atoms in total. The molecule has 0 radical (unpaired) electrons. The van der Waals surface area contributed by atoms with Gasteiger partial charge in [-0.05, 0) is 30.7 Å². The summed E-state index contributed by atoms with van der Waals surface area (Å²) in [6.07, 6.45) is 1.40. The molecular weight excluding hydrogens is 316 g/mol. The molecule has 6 heteroatoms. The van der Waals surface area contributed by atoms with Gasteiger partial charge in [-0.15, -0.1) is 0 Å². The SMILES string of the molecule is CCOC(=O)c1cc2c(ccc[n+]2[O-])n1Cc1cccc(Cl)c1. The predicted molar refractivity (Wildman–Crippen MR) is 87.4 cm³/mol. The van der Waals surface area contributed by atoms with E-state index in [1.165, 1.54) is 6.20 Å². The fourth-order valence-corrected chi connectivity index (χ4v) is 2.77. The molecule has 0 amide bonds. The normalized spacial score (nSPS) is 10.9. The number of carbonyl (C=O) groups is 1. The highest BCUT2D eigenvalue weighted by Gasteiger charge is 2.21. The first kappa shape index (κ1) is 15.4. The van der Waals surface area contributed by atoms with Crippen molar-refractivity contribution in [2.24, 2.45) is 0 Å². The zero-order chi connectivity index (χ0) is 16.4. The lowest BCUT2D eigenvalue weighted by Crippen LogP contribution is -2.25. The van der Waals surface area contributed by atoms with Gasteiger partial charge in [0.15, 0.2) is 6.20 Å². The Morgan fingerprint density at radius 2 is 2.13 bits per heavy atom. The summed E-state index contributed by atoms with van der Waals surface area (Å²) in [5.41, 5.74) is 2.38. The highest BCUT2D eigenvalue weighted by Crippen LogP contribution is 2.21. The molecule has 118 valence electrons. The summed E-state index contributed by atoms with van der Waals surface area (Å²) in [6, 6.07) is 12.4. The molecule has 2 heterocycles. The number of nitrogens with zero attached hydrogens (tertiary/aromatic N) is 2. The Bertz CT molecular complexity index is 873. The monoisotopic (exact) mass is 330 g/mol. The minimum atomic E-state index is -0.453. The van der Waals surface area contributed by atoms with Crippen molar-refractivity contribution in [1.29, 1.82) is 0 Å². The van der Waals surface area contributed by atoms with Gasteiger partial charge < -0.3 is 14.5 Å². The van der Waals surface area contributed by atoms with Crippen LogP contribution in [0.1, 0.15) is 23.0 Å². The van der Waals surface area contributed by atoms with Gasteiger partial charge in [-0.2, -0.15) is 4.73 Å². The Morgan fingerprint density at radius 3 is 2.87 bits per heavy atom. The van der Waals surface area contributed by atoms with Crippen molar-refractivity contribution >= 4 is 28.6 Å². The van der Waals surface area contributed by atoms with E-state index in [-0.39, 0.29) is 6.61 Å². The van der Waals surface area contributed by atoms with Crippen LogP contribution in [0.4, 0.5) is 0 Å². The molecule has 0 aliphatic carbocycles. The van der Waals surface area contributed by atoms with Gasteiger partial charge in [0.1, 0.15) is 11.2 Å². The zero-order valence-corrected chi connectivity index (χ0v) is 13.3. The first-order chi connectivity index (χ1) is 11.1. The average molecular weight is 331 g/mol. The average Bonchev–Trinajstić information content (AvgIpc) is 2.88. The van der Waals surface area contributed by atoms with Crippen molar-refractivity contribution in [2.45, 2.75) is 13.5 Å². The molecule has 0 N–H and O–H groups in total. The molecule has 0 atom stereocenters. The van der Waals surface area contributed by atoms with Crippen LogP contribution in [0.3, 0.4) is 0 Å². The van der Waals surface area contributed by atoms with Gasteiger partial charge >= 0.3 is 5.97 Å². The molecule has 0 aliphatic rings. The fourth-order valence-electron chi connectivity index (χ4n) is 2.56. The third-order valence-corrected chi connectivity index (χ3v) is 3.78. The molecule has 3 rings (SSSR count). The molecule has 0 spiro atoms. The van der Waals surface area contributed by atoms with Gasteiger partial charge in [0.2, 0.25) is 5.52 Å². The number of hydrogen-bond acceptors (Lipinski definition) is 3. The molecule has 2 aromatic heterocycles.